The summed E-state index contributed by atoms with van der Waals surface area (Å²) >= 11 is 0. The van der Waals surface area contributed by atoms with Gasteiger partial charge in [0, 0.05) is 12.0 Å². The minimum Gasteiger partial charge on any atom is -0.444 e. The Morgan fingerprint density at radius 3 is 2.00 bits per heavy atom. The van der Waals surface area contributed by atoms with Gasteiger partial charge in [0.05, 0.1) is 6.54 Å². The Morgan fingerprint density at radius 1 is 0.851 bits per heavy atom. The maximum atomic E-state index is 13.3. The molecule has 0 aromatic heterocycles. The van der Waals surface area contributed by atoms with Gasteiger partial charge in [0.15, 0.2) is 0 Å². The van der Waals surface area contributed by atoms with Crippen molar-refractivity contribution in [3.63, 3.8) is 0 Å². The summed E-state index contributed by atoms with van der Waals surface area (Å²) in [6, 6.07) is 37.2. The van der Waals surface area contributed by atoms with Crippen molar-refractivity contribution in [3.05, 3.63) is 143 Å². The number of nitrogens with one attached hydrogen (secondary N) is 1. The summed E-state index contributed by atoms with van der Waals surface area (Å²) < 4.78 is 18.9. The van der Waals surface area contributed by atoms with Crippen LogP contribution in [-0.4, -0.2) is 55.0 Å². The molecule has 0 atom stereocenters. The Kier molecular flexibility index (Phi) is 14.0. The highest BCUT2D eigenvalue weighted by molar-refractivity contribution is 5.85. The second-order valence-electron chi connectivity index (χ2n) is 12.2. The topological polar surface area (TPSA) is 61.9 Å². The van der Waals surface area contributed by atoms with Crippen molar-refractivity contribution in [1.82, 2.24) is 15.3 Å². The lowest BCUT2D eigenvalue weighted by molar-refractivity contribution is -0.109. The average molecular weight is 658 g/mol. The molecule has 0 bridgehead atoms. The summed E-state index contributed by atoms with van der Waals surface area (Å²) in [6.45, 7) is 3.49. The van der Waals surface area contributed by atoms with Crippen LogP contribution in [0.1, 0.15) is 47.9 Å². The Bertz CT molecular complexity index is 1450. The Labute approximate surface area is 284 Å². The lowest BCUT2D eigenvalue weighted by Gasteiger charge is -2.38. The number of nitrogens with zero attached hydrogens (tertiary/aromatic N) is 2. The van der Waals surface area contributed by atoms with E-state index in [1.54, 1.807) is 12.1 Å². The zero-order chi connectivity index (χ0) is 32.0. The van der Waals surface area contributed by atoms with Crippen molar-refractivity contribution in [2.24, 2.45) is 5.92 Å². The van der Waals surface area contributed by atoms with Crippen molar-refractivity contribution in [2.75, 3.05) is 32.7 Å². The maximum Gasteiger partial charge on any atom is 0.424 e. The molecular formula is C39H45ClFN3O3. The number of benzene rings is 4. The summed E-state index contributed by atoms with van der Waals surface area (Å²) in [5.41, 5.74) is 7.23. The van der Waals surface area contributed by atoms with Crippen LogP contribution in [0.25, 0.3) is 0 Å². The molecule has 4 aromatic rings. The van der Waals surface area contributed by atoms with Crippen LogP contribution in [0.4, 0.5) is 9.18 Å². The van der Waals surface area contributed by atoms with E-state index in [0.717, 1.165) is 68.4 Å². The van der Waals surface area contributed by atoms with Crippen LogP contribution in [0, 0.1) is 11.7 Å². The molecule has 1 aliphatic heterocycles. The second-order valence-corrected chi connectivity index (χ2v) is 12.2. The predicted molar refractivity (Wildman–Crippen MR) is 187 cm³/mol. The van der Waals surface area contributed by atoms with Gasteiger partial charge in [0.25, 0.3) is 0 Å². The highest BCUT2D eigenvalue weighted by Crippen LogP contribution is 2.37. The molecular weight excluding hydrogens is 613 g/mol. The molecule has 6 nitrogen and oxygen atoms in total. The number of piperidine rings is 1. The highest BCUT2D eigenvalue weighted by atomic mass is 35.5. The van der Waals surface area contributed by atoms with Gasteiger partial charge in [-0.1, -0.05) is 103 Å². The molecule has 1 saturated heterocycles. The van der Waals surface area contributed by atoms with Gasteiger partial charge in [0.1, 0.15) is 18.7 Å². The molecule has 47 heavy (non-hydrogen) atoms. The first-order valence-corrected chi connectivity index (χ1v) is 16.3. The molecule has 5 rings (SSSR count). The monoisotopic (exact) mass is 657 g/mol. The zero-order valence-corrected chi connectivity index (χ0v) is 27.6. The van der Waals surface area contributed by atoms with E-state index in [4.69, 9.17) is 4.74 Å². The lowest BCUT2D eigenvalue weighted by atomic mass is 9.71. The molecule has 1 N–H and O–H groups in total. The fourth-order valence-corrected chi connectivity index (χ4v) is 6.54. The largest absolute Gasteiger partial charge is 0.444 e. The summed E-state index contributed by atoms with van der Waals surface area (Å²) in [5.74, 6) is 0.430. The van der Waals surface area contributed by atoms with Gasteiger partial charge in [-0.2, -0.15) is 0 Å². The molecule has 1 aliphatic rings. The van der Waals surface area contributed by atoms with Crippen molar-refractivity contribution < 1.29 is 18.7 Å². The number of hydrogen-bond acceptors (Lipinski definition) is 5. The number of likely N-dealkylation sites (tertiary alicyclic amines) is 1. The standard InChI is InChI=1S/C39H44FN3O3.ClH/c40-37-19-17-32(18-20-37)29-33-21-25-42(26-22-33)24-10-23-39(35-13-6-2-7-14-35,36-15-8-3-9-16-36)31-41-43(27-28-44)38(45)46-30-34-11-4-1-5-12-34;/h1-9,11-20,28,33,41H,10,21-27,29-31H2;1H. The third kappa shape index (κ3) is 10.2. The Hall–Kier alpha value is -4.04. The van der Waals surface area contributed by atoms with Crippen molar-refractivity contribution in [1.29, 1.82) is 0 Å². The molecule has 0 saturated carbocycles. The number of halogens is 2. The van der Waals surface area contributed by atoms with Gasteiger partial charge < -0.3 is 14.4 Å². The number of rotatable bonds is 15. The van der Waals surface area contributed by atoms with E-state index in [9.17, 15) is 14.0 Å². The predicted octanol–water partition coefficient (Wildman–Crippen LogP) is 7.61. The van der Waals surface area contributed by atoms with Crippen LogP contribution in [0.2, 0.25) is 0 Å². The minimum atomic E-state index is -0.588. The molecule has 8 heteroatoms. The molecule has 1 heterocycles. The number of ether oxygens (including phenoxy) is 1. The highest BCUT2D eigenvalue weighted by Gasteiger charge is 2.35. The second kappa shape index (κ2) is 18.3. The fraction of sp³-hybridized carbons (Fsp3) is 0.333. The molecule has 4 aromatic carbocycles. The first kappa shape index (κ1) is 35.8. The molecule has 1 fully saturated rings. The van der Waals surface area contributed by atoms with Crippen molar-refractivity contribution >= 4 is 24.8 Å². The molecule has 0 spiro atoms. The van der Waals surface area contributed by atoms with Crippen molar-refractivity contribution in [3.8, 4) is 0 Å². The number of hydrazine groups is 1. The van der Waals surface area contributed by atoms with Crippen LogP contribution in [-0.2, 0) is 28.0 Å². The van der Waals surface area contributed by atoms with E-state index in [0.29, 0.717) is 18.7 Å². The normalized spacial score (nSPS) is 13.8. The van der Waals surface area contributed by atoms with Gasteiger partial charge >= 0.3 is 6.09 Å². The number of carbonyl (C=O) groups excluding carboxylic acids is 2. The maximum absolute atomic E-state index is 13.3. The van der Waals surface area contributed by atoms with E-state index < -0.39 is 11.5 Å². The SMILES string of the molecule is Cl.O=CCN(NCC(CCCN1CCC(Cc2ccc(F)cc2)CC1)(c1ccccc1)c1ccccc1)C(=O)OCc1ccccc1. The minimum absolute atomic E-state index is 0. The van der Waals surface area contributed by atoms with Gasteiger partial charge in [-0.15, -0.1) is 12.4 Å². The molecule has 0 radical (unpaired) electrons. The van der Waals surface area contributed by atoms with Gasteiger partial charge in [-0.25, -0.2) is 19.6 Å². The van der Waals surface area contributed by atoms with Gasteiger partial charge in [-0.3, -0.25) is 0 Å². The summed E-state index contributed by atoms with van der Waals surface area (Å²) in [6.07, 6.45) is 5.19. The molecule has 0 unspecified atom stereocenters. The third-order valence-electron chi connectivity index (χ3n) is 9.13. The summed E-state index contributed by atoms with van der Waals surface area (Å²) in [4.78, 5) is 27.3. The van der Waals surface area contributed by atoms with Crippen LogP contribution in [0.3, 0.4) is 0 Å². The third-order valence-corrected chi connectivity index (χ3v) is 9.13. The van der Waals surface area contributed by atoms with E-state index in [2.05, 4.69) is 58.9 Å². The first-order chi connectivity index (χ1) is 22.6. The van der Waals surface area contributed by atoms with Crippen LogP contribution >= 0.6 is 12.4 Å². The van der Waals surface area contributed by atoms with E-state index in [1.807, 2.05) is 54.6 Å². The summed E-state index contributed by atoms with van der Waals surface area (Å²) in [5, 5.41) is 1.28. The Balaban J connectivity index is 0.00000500. The first-order valence-electron chi connectivity index (χ1n) is 16.3. The fourth-order valence-electron chi connectivity index (χ4n) is 6.54. The number of aldehydes is 1. The van der Waals surface area contributed by atoms with E-state index in [1.165, 1.54) is 10.6 Å². The summed E-state index contributed by atoms with van der Waals surface area (Å²) in [7, 11) is 0. The number of amides is 1. The molecule has 0 aliphatic carbocycles. The number of hydrogen-bond donors (Lipinski definition) is 1. The molecule has 1 amide bonds. The van der Waals surface area contributed by atoms with Crippen LogP contribution in [0.5, 0.6) is 0 Å². The molecule has 248 valence electrons. The van der Waals surface area contributed by atoms with Gasteiger partial charge in [-0.05, 0) is 92.0 Å². The smallest absolute Gasteiger partial charge is 0.424 e. The van der Waals surface area contributed by atoms with E-state index in [-0.39, 0.29) is 31.4 Å². The van der Waals surface area contributed by atoms with Gasteiger partial charge in [0.2, 0.25) is 0 Å². The lowest BCUT2D eigenvalue weighted by Crippen LogP contribution is -2.51. The van der Waals surface area contributed by atoms with E-state index >= 15 is 0 Å². The van der Waals surface area contributed by atoms with Crippen LogP contribution in [0.15, 0.2) is 115 Å². The number of carbonyl (C=O) groups is 2. The van der Waals surface area contributed by atoms with Crippen LogP contribution < -0.4 is 5.43 Å². The zero-order valence-electron chi connectivity index (χ0n) is 26.8. The quantitative estimate of drug-likeness (QED) is 0.105. The van der Waals surface area contributed by atoms with Crippen molar-refractivity contribution in [2.45, 2.75) is 44.1 Å². The average Bonchev–Trinajstić information content (AvgIpc) is 3.11. The Morgan fingerprint density at radius 2 is 1.43 bits per heavy atom.